The number of hydrogen-bond donors (Lipinski definition) is 2. The molecule has 2 aromatic carbocycles. The van der Waals surface area contributed by atoms with Gasteiger partial charge in [-0.15, -0.1) is 0 Å². The van der Waals surface area contributed by atoms with Crippen LogP contribution in [-0.2, 0) is 5.41 Å². The second kappa shape index (κ2) is 9.10. The average Bonchev–Trinajstić information content (AvgIpc) is 2.91. The first-order chi connectivity index (χ1) is 17.6. The molecule has 36 heavy (non-hydrogen) atoms. The molecule has 0 amide bonds. The van der Waals surface area contributed by atoms with Crippen LogP contribution in [0.1, 0.15) is 130 Å². The van der Waals surface area contributed by atoms with E-state index in [2.05, 4.69) is 24.3 Å². The summed E-state index contributed by atoms with van der Waals surface area (Å²) >= 11 is 0. The molecule has 0 radical (unpaired) electrons. The highest BCUT2D eigenvalue weighted by Crippen LogP contribution is 2.65. The van der Waals surface area contributed by atoms with E-state index < -0.39 is 0 Å². The third-order valence-electron chi connectivity index (χ3n) is 11.5. The van der Waals surface area contributed by atoms with E-state index in [1.165, 1.54) is 119 Å². The van der Waals surface area contributed by atoms with Gasteiger partial charge >= 0.3 is 0 Å². The second-order valence-electron chi connectivity index (χ2n) is 13.4. The zero-order valence-electron chi connectivity index (χ0n) is 21.9. The van der Waals surface area contributed by atoms with E-state index in [0.29, 0.717) is 35.2 Å². The number of aromatic hydroxyl groups is 2. The Morgan fingerprint density at radius 1 is 0.528 bits per heavy atom. The van der Waals surface area contributed by atoms with E-state index in [1.807, 2.05) is 12.1 Å². The highest BCUT2D eigenvalue weighted by atomic mass is 16.3. The lowest BCUT2D eigenvalue weighted by atomic mass is 9.42. The molecule has 4 bridgehead atoms. The third-order valence-corrected chi connectivity index (χ3v) is 11.5. The first-order valence-corrected chi connectivity index (χ1v) is 15.3. The minimum absolute atomic E-state index is 0.0294. The highest BCUT2D eigenvalue weighted by molar-refractivity contribution is 5.52. The summed E-state index contributed by atoms with van der Waals surface area (Å²) in [4.78, 5) is 0. The molecule has 6 saturated carbocycles. The van der Waals surface area contributed by atoms with Gasteiger partial charge in [0.1, 0.15) is 11.5 Å². The van der Waals surface area contributed by atoms with Crippen molar-refractivity contribution >= 4 is 0 Å². The fourth-order valence-corrected chi connectivity index (χ4v) is 10.1. The second-order valence-corrected chi connectivity index (χ2v) is 13.4. The molecule has 0 saturated heterocycles. The zero-order valence-corrected chi connectivity index (χ0v) is 21.9. The summed E-state index contributed by atoms with van der Waals surface area (Å²) in [5.74, 6) is 5.21. The van der Waals surface area contributed by atoms with E-state index in [-0.39, 0.29) is 5.41 Å². The number of rotatable bonds is 4. The molecule has 0 aromatic heterocycles. The van der Waals surface area contributed by atoms with Crippen LogP contribution in [0.4, 0.5) is 0 Å². The SMILES string of the molecule is Oc1ccc(C2(c3ccc(O)c(C4CCCCC4)c3)C3CC4CC(C3)CC2C4)cc1C1CCCCC1. The molecule has 6 aliphatic rings. The Bertz CT molecular complexity index is 1010. The maximum atomic E-state index is 11.0. The molecule has 2 aromatic rings. The highest BCUT2D eigenvalue weighted by Gasteiger charge is 2.58. The van der Waals surface area contributed by atoms with E-state index >= 15 is 0 Å². The molecule has 8 rings (SSSR count). The van der Waals surface area contributed by atoms with Crippen molar-refractivity contribution in [3.63, 3.8) is 0 Å². The standard InChI is InChI=1S/C34H44O2/c35-32-13-11-26(20-30(32)24-7-3-1-4-8-24)34(28-16-22-15-23(18-28)19-29(34)17-22)27-12-14-33(36)31(21-27)25-9-5-2-6-10-25/h11-14,20-25,28-29,35-36H,1-10,15-19H2. The number of phenols is 2. The van der Waals surface area contributed by atoms with Crippen molar-refractivity contribution in [2.24, 2.45) is 23.7 Å². The average molecular weight is 485 g/mol. The summed E-state index contributed by atoms with van der Waals surface area (Å²) in [6.07, 6.45) is 19.6. The Hall–Kier alpha value is -1.96. The molecular formula is C34H44O2. The first-order valence-electron chi connectivity index (χ1n) is 15.3. The lowest BCUT2D eigenvalue weighted by Crippen LogP contribution is -2.56. The molecule has 0 heterocycles. The molecule has 0 spiro atoms. The number of benzene rings is 2. The molecule has 2 N–H and O–H groups in total. The lowest BCUT2D eigenvalue weighted by molar-refractivity contribution is -0.0419. The van der Waals surface area contributed by atoms with Gasteiger partial charge in [0.2, 0.25) is 0 Å². The Morgan fingerprint density at radius 3 is 1.36 bits per heavy atom. The summed E-state index contributed by atoms with van der Waals surface area (Å²) in [5.41, 5.74) is 5.39. The molecule has 2 nitrogen and oxygen atoms in total. The number of hydrogen-bond acceptors (Lipinski definition) is 2. The van der Waals surface area contributed by atoms with Gasteiger partial charge in [-0.2, -0.15) is 0 Å². The van der Waals surface area contributed by atoms with Crippen LogP contribution in [0.3, 0.4) is 0 Å². The minimum Gasteiger partial charge on any atom is -0.508 e. The van der Waals surface area contributed by atoms with E-state index in [1.54, 1.807) is 0 Å². The van der Waals surface area contributed by atoms with Crippen LogP contribution in [-0.4, -0.2) is 10.2 Å². The minimum atomic E-state index is 0.0294. The normalized spacial score (nSPS) is 32.1. The molecule has 0 unspecified atom stereocenters. The van der Waals surface area contributed by atoms with Crippen molar-refractivity contribution in [3.05, 3.63) is 58.7 Å². The zero-order chi connectivity index (χ0) is 24.3. The van der Waals surface area contributed by atoms with Crippen LogP contribution in [0, 0.1) is 23.7 Å². The van der Waals surface area contributed by atoms with Crippen molar-refractivity contribution in [1.82, 2.24) is 0 Å². The van der Waals surface area contributed by atoms with E-state index in [9.17, 15) is 10.2 Å². The maximum Gasteiger partial charge on any atom is 0.119 e. The molecule has 6 fully saturated rings. The topological polar surface area (TPSA) is 40.5 Å². The summed E-state index contributed by atoms with van der Waals surface area (Å²) < 4.78 is 0. The van der Waals surface area contributed by atoms with Crippen molar-refractivity contribution in [2.75, 3.05) is 0 Å². The molecule has 0 aliphatic heterocycles. The first kappa shape index (κ1) is 23.2. The monoisotopic (exact) mass is 484 g/mol. The Balaban J connectivity index is 1.38. The van der Waals surface area contributed by atoms with Gasteiger partial charge in [-0.1, -0.05) is 62.8 Å². The predicted molar refractivity (Wildman–Crippen MR) is 146 cm³/mol. The maximum absolute atomic E-state index is 11.0. The summed E-state index contributed by atoms with van der Waals surface area (Å²) in [7, 11) is 0. The lowest BCUT2D eigenvalue weighted by Gasteiger charge is -2.62. The quantitative estimate of drug-likeness (QED) is 0.455. The Kier molecular flexibility index (Phi) is 5.86. The molecular weight excluding hydrogens is 440 g/mol. The summed E-state index contributed by atoms with van der Waals surface area (Å²) in [6, 6.07) is 13.6. The van der Waals surface area contributed by atoms with Crippen LogP contribution >= 0.6 is 0 Å². The summed E-state index contributed by atoms with van der Waals surface area (Å²) in [5, 5.41) is 22.0. The van der Waals surface area contributed by atoms with Crippen LogP contribution in [0.2, 0.25) is 0 Å². The molecule has 0 atom stereocenters. The molecule has 192 valence electrons. The molecule has 6 aliphatic carbocycles. The van der Waals surface area contributed by atoms with Crippen LogP contribution < -0.4 is 0 Å². The third kappa shape index (κ3) is 3.64. The molecule has 2 heteroatoms. The van der Waals surface area contributed by atoms with Gasteiger partial charge in [0.05, 0.1) is 0 Å². The van der Waals surface area contributed by atoms with Crippen molar-refractivity contribution in [2.45, 2.75) is 114 Å². The number of phenolic OH excluding ortho intramolecular Hbond substituents is 2. The van der Waals surface area contributed by atoms with Crippen molar-refractivity contribution in [3.8, 4) is 11.5 Å². The Labute approximate surface area is 217 Å². The fourth-order valence-electron chi connectivity index (χ4n) is 10.1. The van der Waals surface area contributed by atoms with Crippen LogP contribution in [0.5, 0.6) is 11.5 Å². The van der Waals surface area contributed by atoms with Gasteiger partial charge in [-0.25, -0.2) is 0 Å². The van der Waals surface area contributed by atoms with Crippen LogP contribution in [0.25, 0.3) is 0 Å². The van der Waals surface area contributed by atoms with Gasteiger partial charge in [-0.05, 0) is 128 Å². The van der Waals surface area contributed by atoms with E-state index in [0.717, 1.165) is 11.8 Å². The van der Waals surface area contributed by atoms with Gasteiger partial charge in [0, 0.05) is 5.41 Å². The van der Waals surface area contributed by atoms with Gasteiger partial charge in [-0.3, -0.25) is 0 Å². The van der Waals surface area contributed by atoms with Gasteiger partial charge in [0.15, 0.2) is 0 Å². The van der Waals surface area contributed by atoms with Gasteiger partial charge in [0.25, 0.3) is 0 Å². The van der Waals surface area contributed by atoms with Crippen molar-refractivity contribution in [1.29, 1.82) is 0 Å². The smallest absolute Gasteiger partial charge is 0.119 e. The van der Waals surface area contributed by atoms with Gasteiger partial charge < -0.3 is 10.2 Å². The van der Waals surface area contributed by atoms with Crippen molar-refractivity contribution < 1.29 is 10.2 Å². The van der Waals surface area contributed by atoms with Crippen LogP contribution in [0.15, 0.2) is 36.4 Å². The Morgan fingerprint density at radius 2 is 0.944 bits per heavy atom. The fraction of sp³-hybridized carbons (Fsp3) is 0.647. The largest absolute Gasteiger partial charge is 0.508 e. The predicted octanol–water partition coefficient (Wildman–Crippen LogP) is 8.94. The summed E-state index contributed by atoms with van der Waals surface area (Å²) in [6.45, 7) is 0. The van der Waals surface area contributed by atoms with E-state index in [4.69, 9.17) is 0 Å².